The first-order valence-corrected chi connectivity index (χ1v) is 6.63. The molecule has 12 heteroatoms. The Labute approximate surface area is 133 Å². The zero-order valence-electron chi connectivity index (χ0n) is 12.0. The lowest BCUT2D eigenvalue weighted by atomic mass is 10.2. The van der Waals surface area contributed by atoms with Crippen molar-refractivity contribution < 1.29 is 18.9 Å². The number of aromatic nitrogens is 6. The summed E-state index contributed by atoms with van der Waals surface area (Å²) in [5.41, 5.74) is 5.96. The third kappa shape index (κ3) is 2.89. The topological polar surface area (TPSA) is 158 Å². The fourth-order valence-corrected chi connectivity index (χ4v) is 1.94. The molecule has 4 N–H and O–H groups in total. The van der Waals surface area contributed by atoms with Crippen LogP contribution < -0.4 is 11.1 Å². The van der Waals surface area contributed by atoms with Crippen LogP contribution in [0.15, 0.2) is 28.9 Å². The molecule has 0 saturated heterocycles. The van der Waals surface area contributed by atoms with Gasteiger partial charge in [0.25, 0.3) is 5.91 Å². The second kappa shape index (κ2) is 6.37. The minimum Gasteiger partial charge on any atom is -0.394 e. The summed E-state index contributed by atoms with van der Waals surface area (Å²) in [6.45, 7) is -0.601. The Morgan fingerprint density at radius 2 is 2.12 bits per heavy atom. The zero-order valence-corrected chi connectivity index (χ0v) is 12.0. The number of aliphatic hydroxyl groups excluding tert-OH is 1. The number of nitrogens with two attached hydrogens (primary N) is 1. The van der Waals surface area contributed by atoms with Gasteiger partial charge in [0.2, 0.25) is 5.82 Å². The molecule has 0 saturated carbocycles. The van der Waals surface area contributed by atoms with Gasteiger partial charge in [-0.1, -0.05) is 0 Å². The normalized spacial score (nSPS) is 12.1. The maximum atomic E-state index is 12.9. The van der Waals surface area contributed by atoms with Crippen LogP contribution in [-0.2, 0) is 4.79 Å². The van der Waals surface area contributed by atoms with Gasteiger partial charge in [-0.05, 0) is 45.0 Å². The molecule has 24 heavy (non-hydrogen) atoms. The molecule has 0 aliphatic heterocycles. The van der Waals surface area contributed by atoms with Crippen LogP contribution >= 0.6 is 0 Å². The molecule has 3 rings (SSSR count). The summed E-state index contributed by atoms with van der Waals surface area (Å²) in [5.74, 6) is -1.13. The molecule has 11 nitrogen and oxygen atoms in total. The lowest BCUT2D eigenvalue weighted by molar-refractivity contribution is -0.120. The number of tetrazole rings is 1. The lowest BCUT2D eigenvalue weighted by Gasteiger charge is -2.15. The van der Waals surface area contributed by atoms with E-state index in [4.69, 9.17) is 5.73 Å². The van der Waals surface area contributed by atoms with Gasteiger partial charge in [0.1, 0.15) is 5.82 Å². The minimum absolute atomic E-state index is 0.00190. The Hall–Kier alpha value is -3.41. The van der Waals surface area contributed by atoms with E-state index in [2.05, 4.69) is 35.8 Å². The van der Waals surface area contributed by atoms with Crippen molar-refractivity contribution in [3.8, 4) is 11.5 Å². The van der Waals surface area contributed by atoms with Gasteiger partial charge in [-0.3, -0.25) is 4.79 Å². The SMILES string of the molecule is Nc1nonc1-c1nnnn1C(CO)C(=O)Nc1ccc(F)cc1. The predicted octanol–water partition coefficient (Wildman–Crippen LogP) is -0.384. The maximum Gasteiger partial charge on any atom is 0.251 e. The molecule has 1 aromatic carbocycles. The Balaban J connectivity index is 1.87. The number of anilines is 2. The number of nitrogens with one attached hydrogen (secondary N) is 1. The van der Waals surface area contributed by atoms with Crippen LogP contribution in [0.4, 0.5) is 15.9 Å². The molecule has 0 fully saturated rings. The standard InChI is InChI=1S/C12H11FN8O3/c13-6-1-3-7(4-2-6)15-12(23)8(5-22)21-11(16-19-20-21)9-10(14)18-24-17-9/h1-4,8,22H,5H2,(H2,14,18)(H,15,23). The zero-order chi connectivity index (χ0) is 17.1. The fourth-order valence-electron chi connectivity index (χ4n) is 1.94. The van der Waals surface area contributed by atoms with Crippen LogP contribution in [0.1, 0.15) is 6.04 Å². The molecule has 124 valence electrons. The Bertz CT molecular complexity index is 846. The van der Waals surface area contributed by atoms with Crippen molar-refractivity contribution in [3.63, 3.8) is 0 Å². The van der Waals surface area contributed by atoms with Gasteiger partial charge in [-0.15, -0.1) is 5.10 Å². The molecule has 0 aliphatic rings. The first-order valence-electron chi connectivity index (χ1n) is 6.63. The largest absolute Gasteiger partial charge is 0.394 e. The number of benzene rings is 1. The van der Waals surface area contributed by atoms with E-state index in [1.165, 1.54) is 24.3 Å². The second-order valence-corrected chi connectivity index (χ2v) is 4.64. The fraction of sp³-hybridized carbons (Fsp3) is 0.167. The molecular formula is C12H11FN8O3. The molecule has 1 atom stereocenters. The van der Waals surface area contributed by atoms with Crippen LogP contribution in [0.25, 0.3) is 11.5 Å². The smallest absolute Gasteiger partial charge is 0.251 e. The van der Waals surface area contributed by atoms with Gasteiger partial charge < -0.3 is 16.2 Å². The highest BCUT2D eigenvalue weighted by Gasteiger charge is 2.27. The predicted molar refractivity (Wildman–Crippen MR) is 76.7 cm³/mol. The van der Waals surface area contributed by atoms with Crippen LogP contribution in [0, 0.1) is 5.82 Å². The summed E-state index contributed by atoms with van der Waals surface area (Å²) in [6.07, 6.45) is 0. The van der Waals surface area contributed by atoms with E-state index in [9.17, 15) is 14.3 Å². The van der Waals surface area contributed by atoms with Gasteiger partial charge in [-0.2, -0.15) is 0 Å². The van der Waals surface area contributed by atoms with Gasteiger partial charge in [0.05, 0.1) is 6.61 Å². The van der Waals surface area contributed by atoms with Gasteiger partial charge in [-0.25, -0.2) is 13.7 Å². The summed E-state index contributed by atoms with van der Waals surface area (Å²) >= 11 is 0. The Morgan fingerprint density at radius 1 is 1.38 bits per heavy atom. The van der Waals surface area contributed by atoms with Gasteiger partial charge in [0, 0.05) is 5.69 Å². The number of amides is 1. The van der Waals surface area contributed by atoms with Gasteiger partial charge >= 0.3 is 0 Å². The van der Waals surface area contributed by atoms with Crippen LogP contribution in [0.5, 0.6) is 0 Å². The third-order valence-electron chi connectivity index (χ3n) is 3.10. The van der Waals surface area contributed by atoms with Crippen molar-refractivity contribution in [1.29, 1.82) is 0 Å². The molecule has 0 aliphatic carbocycles. The number of hydrogen-bond donors (Lipinski definition) is 3. The van der Waals surface area contributed by atoms with E-state index in [-0.39, 0.29) is 17.3 Å². The number of carbonyl (C=O) groups excluding carboxylic acids is 1. The van der Waals surface area contributed by atoms with Crippen LogP contribution in [-0.4, -0.2) is 48.1 Å². The molecule has 1 unspecified atom stereocenters. The first kappa shape index (κ1) is 15.5. The number of hydrogen-bond acceptors (Lipinski definition) is 9. The molecule has 2 heterocycles. The molecular weight excluding hydrogens is 323 g/mol. The maximum absolute atomic E-state index is 12.9. The van der Waals surface area contributed by atoms with Crippen molar-refractivity contribution in [1.82, 2.24) is 30.5 Å². The number of nitrogens with zero attached hydrogens (tertiary/aromatic N) is 6. The van der Waals surface area contributed by atoms with Crippen LogP contribution in [0.3, 0.4) is 0 Å². The average molecular weight is 334 g/mol. The highest BCUT2D eigenvalue weighted by Crippen LogP contribution is 2.22. The number of halogens is 1. The summed E-state index contributed by atoms with van der Waals surface area (Å²) in [4.78, 5) is 12.4. The molecule has 0 radical (unpaired) electrons. The quantitative estimate of drug-likeness (QED) is 0.565. The summed E-state index contributed by atoms with van der Waals surface area (Å²) < 4.78 is 18.4. The molecule has 0 spiro atoms. The van der Waals surface area contributed by atoms with Crippen molar-refractivity contribution in [3.05, 3.63) is 30.1 Å². The summed E-state index contributed by atoms with van der Waals surface area (Å²) in [7, 11) is 0. The lowest BCUT2D eigenvalue weighted by Crippen LogP contribution is -2.30. The average Bonchev–Trinajstić information content (AvgIpc) is 3.19. The second-order valence-electron chi connectivity index (χ2n) is 4.64. The summed E-state index contributed by atoms with van der Waals surface area (Å²) in [6, 6.07) is 3.96. The van der Waals surface area contributed by atoms with Crippen molar-refractivity contribution in [2.75, 3.05) is 17.7 Å². The molecule has 1 amide bonds. The number of nitrogen functional groups attached to an aromatic ring is 1. The minimum atomic E-state index is -1.17. The number of carbonyl (C=O) groups is 1. The molecule has 0 bridgehead atoms. The van der Waals surface area contributed by atoms with E-state index < -0.39 is 24.4 Å². The first-order chi connectivity index (χ1) is 11.6. The van der Waals surface area contributed by atoms with Crippen molar-refractivity contribution >= 4 is 17.4 Å². The van der Waals surface area contributed by atoms with E-state index in [0.29, 0.717) is 5.69 Å². The molecule has 3 aromatic rings. The van der Waals surface area contributed by atoms with E-state index in [0.717, 1.165) is 4.68 Å². The van der Waals surface area contributed by atoms with E-state index in [1.54, 1.807) is 0 Å². The van der Waals surface area contributed by atoms with Gasteiger partial charge in [0.15, 0.2) is 17.6 Å². The van der Waals surface area contributed by atoms with E-state index in [1.807, 2.05) is 0 Å². The summed E-state index contributed by atoms with van der Waals surface area (Å²) in [5, 5.41) is 29.9. The van der Waals surface area contributed by atoms with E-state index >= 15 is 0 Å². The highest BCUT2D eigenvalue weighted by molar-refractivity contribution is 5.94. The Morgan fingerprint density at radius 3 is 2.75 bits per heavy atom. The Kier molecular flexibility index (Phi) is 4.11. The highest BCUT2D eigenvalue weighted by atomic mass is 19.1. The third-order valence-corrected chi connectivity index (χ3v) is 3.10. The molecule has 2 aromatic heterocycles. The van der Waals surface area contributed by atoms with Crippen molar-refractivity contribution in [2.45, 2.75) is 6.04 Å². The monoisotopic (exact) mass is 334 g/mol. The number of rotatable bonds is 5. The number of aliphatic hydroxyl groups is 1. The van der Waals surface area contributed by atoms with Crippen LogP contribution in [0.2, 0.25) is 0 Å². The van der Waals surface area contributed by atoms with Crippen molar-refractivity contribution in [2.24, 2.45) is 0 Å².